The third kappa shape index (κ3) is 14.9. The molecule has 0 saturated heterocycles. The van der Waals surface area contributed by atoms with Gasteiger partial charge in [-0.15, -0.1) is 23.4 Å². The Labute approximate surface area is 414 Å². The van der Waals surface area contributed by atoms with Gasteiger partial charge in [-0.05, 0) is 64.2 Å². The smallest absolute Gasteiger partial charge is 0.376 e. The molecule has 6 heterocycles. The maximum absolute atomic E-state index is 11.9. The van der Waals surface area contributed by atoms with Gasteiger partial charge < -0.3 is 23.6 Å². The van der Waals surface area contributed by atoms with Gasteiger partial charge in [0.1, 0.15) is 33.5 Å². The molecular weight excluding hydrogens is 948 g/mol. The second kappa shape index (κ2) is 27.9. The quantitative estimate of drug-likeness (QED) is 0.0211. The molecule has 0 aromatic carbocycles. The number of pyridine rings is 2. The molecule has 0 bridgehead atoms. The van der Waals surface area contributed by atoms with Crippen LogP contribution in [0.15, 0.2) is 54.3 Å². The molecule has 0 aliphatic carbocycles. The van der Waals surface area contributed by atoms with Crippen molar-refractivity contribution in [2.24, 2.45) is 14.1 Å². The molecule has 0 saturated carbocycles. The first-order chi connectivity index (χ1) is 32.4. The lowest BCUT2D eigenvalue weighted by atomic mass is 10.0. The number of rotatable bonds is 18. The first-order valence-corrected chi connectivity index (χ1v) is 25.5. The Morgan fingerprint density at radius 1 is 0.731 bits per heavy atom. The fourth-order valence-corrected chi connectivity index (χ4v) is 9.25. The Balaban J connectivity index is 0.000000260. The summed E-state index contributed by atoms with van der Waals surface area (Å²) in [5.41, 5.74) is 6.42. The van der Waals surface area contributed by atoms with Gasteiger partial charge in [-0.25, -0.2) is 44.5 Å². The number of aromatic nitrogens is 10. The van der Waals surface area contributed by atoms with Gasteiger partial charge in [0.15, 0.2) is 0 Å². The second-order valence-electron chi connectivity index (χ2n) is 14.2. The van der Waals surface area contributed by atoms with Crippen LogP contribution in [0.3, 0.4) is 0 Å². The first-order valence-electron chi connectivity index (χ1n) is 21.3. The Morgan fingerprint density at radius 2 is 1.22 bits per heavy atom. The number of nitrogens with one attached hydrogen (secondary N) is 1. The number of unbranched alkanes of at least 4 members (excludes halogenated alkanes) is 2. The minimum absolute atomic E-state index is 0.00125. The van der Waals surface area contributed by atoms with Crippen LogP contribution in [0.25, 0.3) is 45.0 Å². The van der Waals surface area contributed by atoms with Crippen molar-refractivity contribution in [2.75, 3.05) is 35.0 Å². The average molecular weight is 1000 g/mol. The number of nitriles is 2. The molecule has 0 radical (unpaired) electrons. The number of ether oxygens (including phenoxy) is 2. The van der Waals surface area contributed by atoms with E-state index in [0.717, 1.165) is 57.5 Å². The molecule has 67 heavy (non-hydrogen) atoms. The van der Waals surface area contributed by atoms with Crippen LogP contribution in [0.5, 0.6) is 0 Å². The van der Waals surface area contributed by atoms with Crippen LogP contribution < -0.4 is 0 Å². The number of carbonyl (C=O) groups excluding carboxylic acids is 2. The minimum atomic E-state index is -0.581. The topological polar surface area (TPSA) is 216 Å². The van der Waals surface area contributed by atoms with Crippen molar-refractivity contribution in [3.8, 4) is 57.2 Å². The Morgan fingerprint density at radius 3 is 1.67 bits per heavy atom. The molecule has 16 nitrogen and oxygen atoms in total. The number of halogens is 1. The zero-order chi connectivity index (χ0) is 48.9. The van der Waals surface area contributed by atoms with E-state index in [1.54, 1.807) is 68.2 Å². The highest BCUT2D eigenvalue weighted by Crippen LogP contribution is 2.35. The molecule has 6 aromatic heterocycles. The summed E-state index contributed by atoms with van der Waals surface area (Å²) in [4.78, 5) is 56.4. The summed E-state index contributed by atoms with van der Waals surface area (Å²) >= 11 is 15.9. The number of nitrogens with zero attached hydrogens (tertiary/aromatic N) is 11. The van der Waals surface area contributed by atoms with Gasteiger partial charge >= 0.3 is 11.9 Å². The highest BCUT2D eigenvalue weighted by molar-refractivity contribution is 8.16. The van der Waals surface area contributed by atoms with E-state index >= 15 is 0 Å². The maximum atomic E-state index is 11.9. The lowest BCUT2D eigenvalue weighted by Gasteiger charge is -2.13. The summed E-state index contributed by atoms with van der Waals surface area (Å²) in [6.07, 6.45) is 14.5. The summed E-state index contributed by atoms with van der Waals surface area (Å²) in [6.45, 7) is 12.1. The van der Waals surface area contributed by atoms with Crippen LogP contribution in [-0.2, 0) is 23.6 Å². The number of aromatic amines is 1. The van der Waals surface area contributed by atoms with E-state index in [2.05, 4.69) is 60.9 Å². The summed E-state index contributed by atoms with van der Waals surface area (Å²) in [5, 5.41) is 21.7. The molecule has 0 fully saturated rings. The van der Waals surface area contributed by atoms with E-state index in [-0.39, 0.29) is 24.9 Å². The van der Waals surface area contributed by atoms with E-state index in [1.165, 1.54) is 31.0 Å². The third-order valence-corrected chi connectivity index (χ3v) is 13.5. The van der Waals surface area contributed by atoms with E-state index in [0.29, 0.717) is 48.9 Å². The molecule has 0 spiro atoms. The molecule has 0 aliphatic rings. The molecule has 1 N–H and O–H groups in total. The minimum Gasteiger partial charge on any atom is -0.460 e. The van der Waals surface area contributed by atoms with Gasteiger partial charge in [0.05, 0.1) is 64.7 Å². The fraction of sp³-hybridized carbons (Fsp3) is 0.391. The van der Waals surface area contributed by atoms with Crippen LogP contribution >= 0.6 is 59.1 Å². The van der Waals surface area contributed by atoms with Gasteiger partial charge in [-0.1, -0.05) is 50.7 Å². The van der Waals surface area contributed by atoms with Crippen molar-refractivity contribution in [2.45, 2.75) is 72.3 Å². The van der Waals surface area contributed by atoms with Crippen LogP contribution in [0, 0.1) is 41.2 Å². The second-order valence-corrected chi connectivity index (χ2v) is 18.7. The highest BCUT2D eigenvalue weighted by atomic mass is 35.5. The molecule has 0 atom stereocenters. The number of esters is 2. The van der Waals surface area contributed by atoms with Gasteiger partial charge in [-0.3, -0.25) is 0 Å². The number of aryl methyl sites for hydroxylation is 2. The molecule has 0 amide bonds. The van der Waals surface area contributed by atoms with Crippen molar-refractivity contribution in [1.29, 1.82) is 10.5 Å². The van der Waals surface area contributed by atoms with Gasteiger partial charge in [0, 0.05) is 66.2 Å². The van der Waals surface area contributed by atoms with E-state index in [1.807, 2.05) is 54.9 Å². The number of hydrogen-bond acceptors (Lipinski definition) is 17. The lowest BCUT2D eigenvalue weighted by molar-refractivity contribution is 0.0502. The number of H-pyrrole nitrogens is 1. The van der Waals surface area contributed by atoms with Crippen LogP contribution in [0.1, 0.15) is 97.4 Å². The van der Waals surface area contributed by atoms with Crippen molar-refractivity contribution in [1.82, 2.24) is 49.0 Å². The molecule has 0 unspecified atom stereocenters. The first kappa shape index (κ1) is 54.0. The van der Waals surface area contributed by atoms with Gasteiger partial charge in [0.25, 0.3) is 0 Å². The Bertz CT molecular complexity index is 2730. The van der Waals surface area contributed by atoms with Crippen molar-refractivity contribution >= 4 is 71.0 Å². The number of thioether (sulfide) groups is 3. The van der Waals surface area contributed by atoms with Gasteiger partial charge in [-0.2, -0.15) is 22.3 Å². The van der Waals surface area contributed by atoms with Crippen molar-refractivity contribution in [3.63, 3.8) is 0 Å². The predicted molar refractivity (Wildman–Crippen MR) is 269 cm³/mol. The summed E-state index contributed by atoms with van der Waals surface area (Å²) in [7, 11) is 3.79. The van der Waals surface area contributed by atoms with Crippen LogP contribution in [0.4, 0.5) is 0 Å². The summed E-state index contributed by atoms with van der Waals surface area (Å²) < 4.78 is 14.0. The van der Waals surface area contributed by atoms with Crippen LogP contribution in [-0.4, -0.2) is 96.0 Å². The number of hydrogen-bond donors (Lipinski definition) is 1. The average Bonchev–Trinajstić information content (AvgIpc) is 3.86. The maximum Gasteiger partial charge on any atom is 0.376 e. The highest BCUT2D eigenvalue weighted by Gasteiger charge is 2.20. The molecule has 21 heteroatoms. The summed E-state index contributed by atoms with van der Waals surface area (Å²) in [5.74, 6) is 2.79. The molecule has 6 aromatic rings. The molecule has 6 rings (SSSR count). The summed E-state index contributed by atoms with van der Waals surface area (Å²) in [6, 6.07) is 8.14. The van der Waals surface area contributed by atoms with Crippen molar-refractivity contribution in [3.05, 3.63) is 88.4 Å². The number of imidazole rings is 2. The normalized spacial score (nSPS) is 10.5. The molecule has 0 aliphatic heterocycles. The number of alkyl halides is 1. The van der Waals surface area contributed by atoms with E-state index < -0.39 is 11.9 Å². The van der Waals surface area contributed by atoms with E-state index in [4.69, 9.17) is 38.3 Å². The SMILES string of the molecule is CCCCSCCl.CCCCSCSc1nc(-c2cnc(C(=O)OCC)nc2)cc(-c2cnc(C)n2C)c1C#N.CCOC(=O)c1ncc(-c2cc(-c3cnc(C)n3C)c(C#N)c(=S)[nH]2)cn1. The Kier molecular flexibility index (Phi) is 22.4. The van der Waals surface area contributed by atoms with Crippen LogP contribution in [0.2, 0.25) is 0 Å². The lowest BCUT2D eigenvalue weighted by Crippen LogP contribution is -2.09. The van der Waals surface area contributed by atoms with E-state index in [9.17, 15) is 20.1 Å². The zero-order valence-corrected chi connectivity index (χ0v) is 42.8. The Hall–Kier alpha value is -5.64. The number of carbonyl (C=O) groups is 2. The standard InChI is InChI=1S/C23H26N6O2S2.C18H16N6O2S.C5H11ClS/c1-5-7-8-32-14-33-22-18(10-24)17(20-13-25-15(3)29(20)4)9-19(28-22)16-11-26-21(27-12-16)23(30)31-6-2;1-4-26-18(25)16-21-7-11(8-22-16)14-5-12(13(6-19)17(27)23-14)15-9-20-10(2)24(15)3;1-2-3-4-7-5-6/h9,11-13H,5-8,14H2,1-4H3;5,7-9H,4H2,1-3H3,(H,23,27);2-5H2,1H3. The van der Waals surface area contributed by atoms with Crippen molar-refractivity contribution < 1.29 is 19.1 Å². The van der Waals surface area contributed by atoms with Gasteiger partial charge in [0.2, 0.25) is 11.6 Å². The zero-order valence-electron chi connectivity index (χ0n) is 38.8. The third-order valence-electron chi connectivity index (χ3n) is 9.70. The monoisotopic (exact) mass is 1000 g/mol. The molecule has 352 valence electrons. The largest absolute Gasteiger partial charge is 0.460 e. The fourth-order valence-electron chi connectivity index (χ4n) is 5.85. The molecular formula is C46H53ClN12O4S4. The predicted octanol–water partition coefficient (Wildman–Crippen LogP) is 10.6.